The van der Waals surface area contributed by atoms with Crippen LogP contribution in [0, 0.1) is 28.6 Å². The molecule has 3 saturated carbocycles. The summed E-state index contributed by atoms with van der Waals surface area (Å²) in [7, 11) is 1.74. The molecule has 1 unspecified atom stereocenters. The van der Waals surface area contributed by atoms with Crippen molar-refractivity contribution < 1.29 is 37.7 Å². The molecule has 7 atom stereocenters. The van der Waals surface area contributed by atoms with Gasteiger partial charge in [-0.15, -0.1) is 11.3 Å². The molecule has 13 rings (SSSR count). The lowest BCUT2D eigenvalue weighted by atomic mass is 9.71. The molecule has 6 aliphatic heterocycles. The van der Waals surface area contributed by atoms with E-state index in [-0.39, 0.29) is 54.4 Å². The van der Waals surface area contributed by atoms with Crippen LogP contribution < -0.4 is 15.6 Å². The summed E-state index contributed by atoms with van der Waals surface area (Å²) in [5.41, 5.74) is 10.0. The standard InChI is InChI=1S/C58H78FN9O7S/c1-34-35(2)48(34)53(69)62-50-52(67-32-58(31-59)26-40(67)27-58)54-61-46(30-76-54)37-9-12-47-42(24-37)44(28-57(4,5)33-75-56(71)45-8-7-15-68(63-45)55(50)70)51(66(47)20-23-74-41-13-21-73-22-14-41)43-25-39(29-60-49(43)36(3)72-6)65-18-16-64(17-19-65)38-10-11-38/h9,12,24-25,29-30,34-36,38,40-41,45,48,50,52,63H,7-8,10-11,13-23,26-28,31-33H2,1-6H3,(H,62,69)/t34-,35+,36-,40?,45-,48?,50-,52-,58?/m0/s1. The first-order valence-electron chi connectivity index (χ1n) is 28.4. The first kappa shape index (κ1) is 52.2. The number of thiazole rings is 1. The van der Waals surface area contributed by atoms with Gasteiger partial charge < -0.3 is 33.7 Å². The molecule has 4 aromatic rings. The molecule has 9 heterocycles. The van der Waals surface area contributed by atoms with Crippen LogP contribution in [-0.2, 0) is 46.3 Å². The zero-order valence-corrected chi connectivity index (χ0v) is 46.2. The number of cyclic esters (lactones) is 1. The highest BCUT2D eigenvalue weighted by molar-refractivity contribution is 7.10. The van der Waals surface area contributed by atoms with E-state index in [1.807, 2.05) is 6.20 Å². The van der Waals surface area contributed by atoms with Gasteiger partial charge in [-0.05, 0) is 100 Å². The van der Waals surface area contributed by atoms with Crippen LogP contribution in [0.25, 0.3) is 33.4 Å². The molecule has 8 fully saturated rings. The van der Waals surface area contributed by atoms with Gasteiger partial charge in [0.05, 0.1) is 67.1 Å². The number of ether oxygens (including phenoxy) is 4. The van der Waals surface area contributed by atoms with Crippen molar-refractivity contribution in [2.24, 2.45) is 28.6 Å². The highest BCUT2D eigenvalue weighted by atomic mass is 32.1. The summed E-state index contributed by atoms with van der Waals surface area (Å²) in [6.45, 7) is 17.3. The number of pyridine rings is 1. The Morgan fingerprint density at radius 2 is 1.79 bits per heavy atom. The summed E-state index contributed by atoms with van der Waals surface area (Å²) in [5.74, 6) is -0.787. The fourth-order valence-electron chi connectivity index (χ4n) is 13.7. The number of hydrogen-bond acceptors (Lipinski definition) is 14. The topological polar surface area (TPSA) is 156 Å². The van der Waals surface area contributed by atoms with E-state index in [0.717, 1.165) is 95.4 Å². The van der Waals surface area contributed by atoms with Gasteiger partial charge in [-0.2, -0.15) is 0 Å². The minimum absolute atomic E-state index is 0.0379. The molecule has 2 amide bonds. The summed E-state index contributed by atoms with van der Waals surface area (Å²) in [6.07, 6.45) is 9.09. The van der Waals surface area contributed by atoms with Gasteiger partial charge in [0.1, 0.15) is 17.1 Å². The fraction of sp³-hybridized carbons (Fsp3) is 0.672. The number of carbonyl (C=O) groups excluding carboxylic acids is 3. The number of hydrogen-bond donors (Lipinski definition) is 2. The highest BCUT2D eigenvalue weighted by Gasteiger charge is 2.60. The van der Waals surface area contributed by atoms with Gasteiger partial charge in [-0.3, -0.25) is 38.6 Å². The second-order valence-corrected chi connectivity index (χ2v) is 25.4. The van der Waals surface area contributed by atoms with Crippen molar-refractivity contribution in [3.8, 4) is 22.5 Å². The predicted molar refractivity (Wildman–Crippen MR) is 289 cm³/mol. The predicted octanol–water partition coefficient (Wildman–Crippen LogP) is 7.50. The Balaban J connectivity index is 1.01. The second kappa shape index (κ2) is 20.9. The van der Waals surface area contributed by atoms with Gasteiger partial charge in [0.2, 0.25) is 5.91 Å². The van der Waals surface area contributed by atoms with Crippen LogP contribution in [0.5, 0.6) is 0 Å². The number of nitrogens with one attached hydrogen (secondary N) is 2. The van der Waals surface area contributed by atoms with Gasteiger partial charge in [0.25, 0.3) is 5.91 Å². The fourth-order valence-corrected chi connectivity index (χ4v) is 14.7. The summed E-state index contributed by atoms with van der Waals surface area (Å²) in [5, 5.41) is 8.59. The minimum Gasteiger partial charge on any atom is -0.464 e. The Morgan fingerprint density at radius 1 is 1.01 bits per heavy atom. The van der Waals surface area contributed by atoms with Gasteiger partial charge in [0.15, 0.2) is 0 Å². The van der Waals surface area contributed by atoms with Crippen molar-refractivity contribution in [2.75, 3.05) is 84.4 Å². The Morgan fingerprint density at radius 3 is 2.50 bits per heavy atom. The number of alkyl halides is 1. The van der Waals surface area contributed by atoms with Gasteiger partial charge in [-0.25, -0.2) is 10.4 Å². The number of rotatable bonds is 13. The molecule has 8 bridgehead atoms. The maximum absolute atomic E-state index is 15.3. The third kappa shape index (κ3) is 9.99. The Hall–Kier alpha value is -4.56. The van der Waals surface area contributed by atoms with Crippen molar-refractivity contribution in [1.82, 2.24) is 40.1 Å². The third-order valence-electron chi connectivity index (χ3n) is 18.7. The average molecular weight is 1060 g/mol. The van der Waals surface area contributed by atoms with Gasteiger partial charge in [0, 0.05) is 122 Å². The largest absolute Gasteiger partial charge is 0.464 e. The van der Waals surface area contributed by atoms with Crippen molar-refractivity contribution in [1.29, 1.82) is 0 Å². The number of amides is 2. The molecule has 9 aliphatic rings. The molecule has 0 radical (unpaired) electrons. The number of hydrazine groups is 1. The smallest absolute Gasteiger partial charge is 0.324 e. The Labute approximate surface area is 450 Å². The minimum atomic E-state index is -1.05. The summed E-state index contributed by atoms with van der Waals surface area (Å²) < 4.78 is 42.2. The maximum Gasteiger partial charge on any atom is 0.324 e. The molecule has 410 valence electrons. The first-order chi connectivity index (χ1) is 36.7. The average Bonchev–Trinajstić information content (AvgIpc) is 4.13. The van der Waals surface area contributed by atoms with Crippen molar-refractivity contribution in [3.05, 3.63) is 52.1 Å². The molecule has 1 aromatic carbocycles. The van der Waals surface area contributed by atoms with Crippen LogP contribution in [0.2, 0.25) is 0 Å². The summed E-state index contributed by atoms with van der Waals surface area (Å²) in [6, 6.07) is 7.18. The van der Waals surface area contributed by atoms with E-state index in [9.17, 15) is 14.0 Å². The van der Waals surface area contributed by atoms with Crippen molar-refractivity contribution >= 4 is 45.7 Å². The van der Waals surface area contributed by atoms with Crippen molar-refractivity contribution in [3.63, 3.8) is 0 Å². The van der Waals surface area contributed by atoms with E-state index >= 15 is 4.79 Å². The van der Waals surface area contributed by atoms with E-state index in [0.29, 0.717) is 76.6 Å². The number of halogens is 1. The lowest BCUT2D eigenvalue weighted by Crippen LogP contribution is -2.62. The number of benzene rings is 1. The molecule has 16 nitrogen and oxygen atoms in total. The lowest BCUT2D eigenvalue weighted by molar-refractivity contribution is -0.156. The molecule has 3 aromatic heterocycles. The number of esters is 1. The maximum atomic E-state index is 15.3. The normalized spacial score (nSPS) is 30.8. The summed E-state index contributed by atoms with van der Waals surface area (Å²) in [4.78, 5) is 62.0. The van der Waals surface area contributed by atoms with E-state index in [2.05, 4.69) is 94.3 Å². The third-order valence-corrected chi connectivity index (χ3v) is 19.6. The zero-order valence-electron chi connectivity index (χ0n) is 45.4. The molecule has 3 aliphatic carbocycles. The molecule has 76 heavy (non-hydrogen) atoms. The van der Waals surface area contributed by atoms with Gasteiger partial charge >= 0.3 is 5.97 Å². The molecule has 18 heteroatoms. The van der Waals surface area contributed by atoms with E-state index in [1.54, 1.807) is 7.11 Å². The molecular weight excluding hydrogens is 986 g/mol. The van der Waals surface area contributed by atoms with Crippen LogP contribution in [0.3, 0.4) is 0 Å². The molecular formula is C58H78FN9O7S. The number of methoxy groups -OCH3 is 1. The molecule has 0 spiro atoms. The van der Waals surface area contributed by atoms with Crippen LogP contribution in [0.15, 0.2) is 35.8 Å². The number of nitrogens with zero attached hydrogens (tertiary/aromatic N) is 7. The Kier molecular flexibility index (Phi) is 14.4. The number of anilines is 1. The first-order valence-corrected chi connectivity index (χ1v) is 29.3. The monoisotopic (exact) mass is 1060 g/mol. The zero-order chi connectivity index (χ0) is 52.6. The number of carbonyl (C=O) groups is 3. The summed E-state index contributed by atoms with van der Waals surface area (Å²) >= 11 is 1.48. The quantitative estimate of drug-likeness (QED) is 0.127. The van der Waals surface area contributed by atoms with Crippen molar-refractivity contribution in [2.45, 2.75) is 141 Å². The molecule has 2 N–H and O–H groups in total. The highest BCUT2D eigenvalue weighted by Crippen LogP contribution is 2.56. The van der Waals surface area contributed by atoms with E-state index < -0.39 is 41.6 Å². The van der Waals surface area contributed by atoms with Crippen LogP contribution in [-0.4, -0.2) is 157 Å². The number of piperazine rings is 1. The number of aromatic nitrogens is 3. The van der Waals surface area contributed by atoms with Crippen LogP contribution in [0.1, 0.15) is 114 Å². The van der Waals surface area contributed by atoms with Crippen LogP contribution >= 0.6 is 11.3 Å². The van der Waals surface area contributed by atoms with Gasteiger partial charge in [-0.1, -0.05) is 33.8 Å². The second-order valence-electron chi connectivity index (χ2n) is 24.5. The van der Waals surface area contributed by atoms with E-state index in [1.165, 1.54) is 29.2 Å². The SMILES string of the molecule is CO[C@@H](C)c1ncc(N2CCN(C3CC3)CC2)cc1-c1c2c3cc(ccc3n1CCOC1CCOCC1)-c1csc(n1)[C@@H](N1CC3(CF)CC1C3)[C@H](NC(=O)C1[C@@H](C)[C@H]1C)C(=O)N1CCC[C@H](N1)C(=O)OCC(C)(C)C2. The van der Waals surface area contributed by atoms with Crippen LogP contribution in [0.4, 0.5) is 10.1 Å². The number of fused-ring (bicyclic) bond motifs is 7. The lowest BCUT2D eigenvalue weighted by Gasteiger charge is -2.40. The van der Waals surface area contributed by atoms with E-state index in [4.69, 9.17) is 28.9 Å². The Bertz CT molecular complexity index is 2810. The molecule has 5 saturated heterocycles.